The van der Waals surface area contributed by atoms with Gasteiger partial charge in [0.25, 0.3) is 14.6 Å². The fourth-order valence-corrected chi connectivity index (χ4v) is 2.57. The average molecular weight is 250 g/mol. The van der Waals surface area contributed by atoms with E-state index in [0.29, 0.717) is 10.1 Å². The average Bonchev–Trinajstić information content (AvgIpc) is 2.46. The smallest absolute Gasteiger partial charge is 0.265 e. The Kier molecular flexibility index (Phi) is 2.13. The number of benzene rings is 1. The molecule has 0 aliphatic heterocycles. The van der Waals surface area contributed by atoms with E-state index in [0.717, 1.165) is 11.5 Å². The molecule has 2 aromatic rings. The van der Waals surface area contributed by atoms with Gasteiger partial charge >= 0.3 is 0 Å². The number of aromatic amines is 1. The fraction of sp³-hybridized carbons (Fsp3) is 0. The van der Waals surface area contributed by atoms with Crippen LogP contribution in [0.2, 0.25) is 0 Å². The summed E-state index contributed by atoms with van der Waals surface area (Å²) in [7, 11) is 1.38. The number of hydrogen-bond acceptors (Lipinski definition) is 4. The van der Waals surface area contributed by atoms with Crippen LogP contribution in [0.1, 0.15) is 0 Å². The summed E-state index contributed by atoms with van der Waals surface area (Å²) < 4.78 is 25.1. The van der Waals surface area contributed by atoms with Crippen LogP contribution in [0.25, 0.3) is 10.1 Å². The number of aromatic nitrogens is 1. The second-order valence-electron chi connectivity index (χ2n) is 2.63. The molecule has 1 aromatic heterocycles. The third-order valence-corrected chi connectivity index (χ3v) is 3.95. The number of fused-ring (bicyclic) bond motifs is 1. The molecule has 0 bridgehead atoms. The van der Waals surface area contributed by atoms with Gasteiger partial charge in [-0.3, -0.25) is 9.17 Å². The molecule has 0 unspecified atom stereocenters. The third kappa shape index (κ3) is 1.56. The highest BCUT2D eigenvalue weighted by molar-refractivity contribution is 8.13. The van der Waals surface area contributed by atoms with Gasteiger partial charge in [0.1, 0.15) is 0 Å². The first-order valence-corrected chi connectivity index (χ1v) is 6.67. The standard InChI is InChI=1S/C7H4ClNO3S2/c8-14(11,12)4-1-2-6-5(3-4)7(10)9-13-6/h1-3H,(H,9,10). The van der Waals surface area contributed by atoms with Crippen LogP contribution in [0, 0.1) is 0 Å². The molecule has 1 N–H and O–H groups in total. The van der Waals surface area contributed by atoms with Crippen molar-refractivity contribution in [3.8, 4) is 0 Å². The first-order chi connectivity index (χ1) is 6.48. The summed E-state index contributed by atoms with van der Waals surface area (Å²) in [6.45, 7) is 0. The van der Waals surface area contributed by atoms with Gasteiger partial charge in [-0.15, -0.1) is 0 Å². The van der Waals surface area contributed by atoms with E-state index < -0.39 is 9.05 Å². The lowest BCUT2D eigenvalue weighted by Crippen LogP contribution is -1.98. The number of hydrogen-bond donors (Lipinski definition) is 1. The summed E-state index contributed by atoms with van der Waals surface area (Å²) in [4.78, 5) is 11.1. The molecular weight excluding hydrogens is 246 g/mol. The van der Waals surface area contributed by atoms with Gasteiger partial charge in [-0.1, -0.05) is 11.5 Å². The van der Waals surface area contributed by atoms with E-state index in [-0.39, 0.29) is 10.5 Å². The molecule has 14 heavy (non-hydrogen) atoms. The van der Waals surface area contributed by atoms with E-state index in [1.807, 2.05) is 0 Å². The van der Waals surface area contributed by atoms with Gasteiger partial charge < -0.3 is 0 Å². The number of halogens is 1. The molecule has 0 saturated heterocycles. The Hall–Kier alpha value is -0.850. The van der Waals surface area contributed by atoms with Crippen molar-refractivity contribution in [2.24, 2.45) is 0 Å². The Bertz CT molecular complexity index is 640. The highest BCUT2D eigenvalue weighted by atomic mass is 35.7. The van der Waals surface area contributed by atoms with Crippen molar-refractivity contribution in [3.05, 3.63) is 28.6 Å². The molecule has 1 aromatic carbocycles. The second kappa shape index (κ2) is 3.08. The SMILES string of the molecule is O=c1[nH]sc2ccc(S(=O)(=O)Cl)cc12. The van der Waals surface area contributed by atoms with Gasteiger partial charge in [0.15, 0.2) is 0 Å². The fourth-order valence-electron chi connectivity index (χ4n) is 1.08. The molecule has 0 spiro atoms. The van der Waals surface area contributed by atoms with Gasteiger partial charge in [0, 0.05) is 10.7 Å². The van der Waals surface area contributed by atoms with E-state index in [1.165, 1.54) is 12.1 Å². The van der Waals surface area contributed by atoms with E-state index in [9.17, 15) is 13.2 Å². The minimum atomic E-state index is -3.76. The van der Waals surface area contributed by atoms with Crippen LogP contribution in [-0.2, 0) is 9.05 Å². The Labute approximate surface area is 87.7 Å². The van der Waals surface area contributed by atoms with E-state index in [4.69, 9.17) is 10.7 Å². The van der Waals surface area contributed by atoms with Crippen LogP contribution in [0.15, 0.2) is 27.9 Å². The van der Waals surface area contributed by atoms with Crippen molar-refractivity contribution < 1.29 is 8.42 Å². The maximum Gasteiger partial charge on any atom is 0.265 e. The number of H-pyrrole nitrogens is 1. The highest BCUT2D eigenvalue weighted by Gasteiger charge is 2.11. The maximum absolute atomic E-state index is 11.2. The first kappa shape index (κ1) is 9.70. The molecule has 7 heteroatoms. The van der Waals surface area contributed by atoms with Gasteiger partial charge in [-0.05, 0) is 18.2 Å². The van der Waals surface area contributed by atoms with Crippen molar-refractivity contribution in [1.82, 2.24) is 4.37 Å². The summed E-state index contributed by atoms with van der Waals surface area (Å²) in [5.74, 6) is 0. The molecule has 0 atom stereocenters. The predicted molar refractivity (Wildman–Crippen MR) is 55.5 cm³/mol. The van der Waals surface area contributed by atoms with E-state index >= 15 is 0 Å². The molecule has 1 heterocycles. The van der Waals surface area contributed by atoms with Crippen LogP contribution in [0.3, 0.4) is 0 Å². The Morgan fingerprint density at radius 3 is 2.71 bits per heavy atom. The van der Waals surface area contributed by atoms with Crippen molar-refractivity contribution in [2.45, 2.75) is 4.90 Å². The lowest BCUT2D eigenvalue weighted by Gasteiger charge is -1.93. The lowest BCUT2D eigenvalue weighted by molar-refractivity contribution is 0.609. The largest absolute Gasteiger partial charge is 0.277 e. The molecule has 74 valence electrons. The van der Waals surface area contributed by atoms with Crippen molar-refractivity contribution in [3.63, 3.8) is 0 Å². The van der Waals surface area contributed by atoms with Crippen LogP contribution in [0.4, 0.5) is 0 Å². The Morgan fingerprint density at radius 1 is 1.36 bits per heavy atom. The molecule has 0 aliphatic carbocycles. The van der Waals surface area contributed by atoms with Gasteiger partial charge in [-0.2, -0.15) is 0 Å². The number of nitrogens with one attached hydrogen (secondary N) is 1. The summed E-state index contributed by atoms with van der Waals surface area (Å²) >= 11 is 1.16. The zero-order chi connectivity index (χ0) is 10.3. The van der Waals surface area contributed by atoms with E-state index in [2.05, 4.69) is 4.37 Å². The molecule has 0 fully saturated rings. The van der Waals surface area contributed by atoms with E-state index in [1.54, 1.807) is 6.07 Å². The van der Waals surface area contributed by atoms with Crippen molar-refractivity contribution >= 4 is 41.4 Å². The quantitative estimate of drug-likeness (QED) is 0.779. The number of rotatable bonds is 1. The van der Waals surface area contributed by atoms with Crippen LogP contribution in [-0.4, -0.2) is 12.8 Å². The summed E-state index contributed by atoms with van der Waals surface area (Å²) in [5, 5.41) is 0.344. The molecule has 4 nitrogen and oxygen atoms in total. The van der Waals surface area contributed by atoms with Gasteiger partial charge in [-0.25, -0.2) is 8.42 Å². The summed E-state index contributed by atoms with van der Waals surface area (Å²) in [6, 6.07) is 4.19. The monoisotopic (exact) mass is 249 g/mol. The molecule has 0 radical (unpaired) electrons. The first-order valence-electron chi connectivity index (χ1n) is 3.54. The third-order valence-electron chi connectivity index (χ3n) is 1.73. The van der Waals surface area contributed by atoms with Crippen LogP contribution in [0.5, 0.6) is 0 Å². The summed E-state index contributed by atoms with van der Waals surface area (Å²) in [5.41, 5.74) is -0.299. The zero-order valence-corrected chi connectivity index (χ0v) is 9.04. The molecule has 2 rings (SSSR count). The topological polar surface area (TPSA) is 67.0 Å². The summed E-state index contributed by atoms with van der Waals surface area (Å²) in [6.07, 6.45) is 0. The van der Waals surface area contributed by atoms with Gasteiger partial charge in [0.05, 0.1) is 15.0 Å². The van der Waals surface area contributed by atoms with Crippen molar-refractivity contribution in [2.75, 3.05) is 0 Å². The predicted octanol–water partition coefficient (Wildman–Crippen LogP) is 1.52. The molecule has 0 aliphatic rings. The molecule has 0 amide bonds. The lowest BCUT2D eigenvalue weighted by atomic mass is 10.3. The second-order valence-corrected chi connectivity index (χ2v) is 6.04. The molecule has 0 saturated carbocycles. The maximum atomic E-state index is 11.2. The minimum absolute atomic E-state index is 0.0597. The Morgan fingerprint density at radius 2 is 2.07 bits per heavy atom. The normalized spacial score (nSPS) is 12.1. The van der Waals surface area contributed by atoms with Crippen LogP contribution < -0.4 is 5.56 Å². The van der Waals surface area contributed by atoms with Gasteiger partial charge in [0.2, 0.25) is 0 Å². The Balaban J connectivity index is 2.86. The van der Waals surface area contributed by atoms with Crippen LogP contribution >= 0.6 is 22.2 Å². The zero-order valence-electron chi connectivity index (χ0n) is 6.65. The minimum Gasteiger partial charge on any atom is -0.277 e. The van der Waals surface area contributed by atoms with Crippen molar-refractivity contribution in [1.29, 1.82) is 0 Å². The molecular formula is C7H4ClNO3S2. The highest BCUT2D eigenvalue weighted by Crippen LogP contribution is 2.21.